The van der Waals surface area contributed by atoms with Gasteiger partial charge in [0.2, 0.25) is 0 Å². The van der Waals surface area contributed by atoms with Crippen LogP contribution in [0, 0.1) is 0 Å². The van der Waals surface area contributed by atoms with Crippen LogP contribution < -0.4 is 4.90 Å². The molecule has 0 aromatic heterocycles. The molecule has 1 saturated heterocycles. The van der Waals surface area contributed by atoms with Crippen LogP contribution in [-0.4, -0.2) is 86.1 Å². The number of anilines is 1. The van der Waals surface area contributed by atoms with Crippen LogP contribution in [0.2, 0.25) is 0 Å². The Hall–Kier alpha value is -1.97. The molecule has 2 unspecified atom stereocenters. The summed E-state index contributed by atoms with van der Waals surface area (Å²) in [4.78, 5) is 24.6. The molecule has 178 valence electrons. The normalized spacial score (nSPS) is 22.7. The number of halogens is 1. The maximum Gasteiger partial charge on any atom is 0.256 e. The van der Waals surface area contributed by atoms with Crippen molar-refractivity contribution in [2.24, 2.45) is 4.99 Å². The Bertz CT molecular complexity index is 1120. The van der Waals surface area contributed by atoms with Gasteiger partial charge in [0.25, 0.3) is 5.91 Å². The molecule has 4 rings (SSSR count). The lowest BCUT2D eigenvalue weighted by Gasteiger charge is -2.36. The van der Waals surface area contributed by atoms with Crippen molar-refractivity contribution in [2.45, 2.75) is 30.0 Å². The third-order valence-corrected chi connectivity index (χ3v) is 8.81. The number of piperazine rings is 1. The highest BCUT2D eigenvalue weighted by atomic mass is 35.5. The topological polar surface area (TPSA) is 73.3 Å². The predicted octanol–water partition coefficient (Wildman–Crippen LogP) is 3.23. The summed E-state index contributed by atoms with van der Waals surface area (Å²) in [6.45, 7) is 7.99. The van der Waals surface area contributed by atoms with Gasteiger partial charge in [0, 0.05) is 56.2 Å². The average molecular weight is 509 g/mol. The van der Waals surface area contributed by atoms with E-state index in [-0.39, 0.29) is 22.1 Å². The van der Waals surface area contributed by atoms with Gasteiger partial charge in [0.1, 0.15) is 0 Å². The quantitative estimate of drug-likeness (QED) is 0.608. The number of carbonyl (C=O) groups is 1. The van der Waals surface area contributed by atoms with Crippen molar-refractivity contribution in [3.8, 4) is 0 Å². The van der Waals surface area contributed by atoms with Crippen molar-refractivity contribution in [2.75, 3.05) is 50.4 Å². The Labute approximate surface area is 205 Å². The second-order valence-corrected chi connectivity index (χ2v) is 11.9. The monoisotopic (exact) mass is 508 g/mol. The van der Waals surface area contributed by atoms with E-state index in [1.807, 2.05) is 37.0 Å². The van der Waals surface area contributed by atoms with Crippen LogP contribution in [0.25, 0.3) is 0 Å². The van der Waals surface area contributed by atoms with Gasteiger partial charge in [0.15, 0.2) is 15.0 Å². The van der Waals surface area contributed by atoms with Crippen LogP contribution in [-0.2, 0) is 9.84 Å². The van der Waals surface area contributed by atoms with Crippen LogP contribution in [0.5, 0.6) is 0 Å². The molecule has 1 aromatic carbocycles. The molecule has 7 nitrogen and oxygen atoms in total. The molecule has 2 atom stereocenters. The standard InChI is InChI=1S/C23H29ClN4O3S2/c1-4-26(5-2)20-9-7-17(33(3,30)31)15-18(20)22(29)27-10-12-28(13-11-27)23-25-19-8-6-16(24)14-21(19)32-23/h6-9,14-15,19,21H,4-5,10-13H2,1-3H3. The van der Waals surface area contributed by atoms with Crippen molar-refractivity contribution >= 4 is 50.0 Å². The maximum atomic E-state index is 13.5. The molecule has 0 spiro atoms. The number of hydrogen-bond acceptors (Lipinski definition) is 7. The van der Waals surface area contributed by atoms with Crippen molar-refractivity contribution in [1.82, 2.24) is 9.80 Å². The SMILES string of the molecule is CCN(CC)c1ccc(S(C)(=O)=O)cc1C(=O)N1CCN(C2=NC3C=CC(Cl)=CC3S2)CC1. The van der Waals surface area contributed by atoms with Gasteiger partial charge >= 0.3 is 0 Å². The highest BCUT2D eigenvalue weighted by molar-refractivity contribution is 8.14. The highest BCUT2D eigenvalue weighted by Crippen LogP contribution is 2.35. The van der Waals surface area contributed by atoms with Gasteiger partial charge in [-0.05, 0) is 44.2 Å². The number of thioether (sulfide) groups is 1. The number of amidine groups is 1. The van der Waals surface area contributed by atoms with E-state index in [4.69, 9.17) is 16.6 Å². The molecule has 0 bridgehead atoms. The minimum absolute atomic E-state index is 0.113. The fraction of sp³-hybridized carbons (Fsp3) is 0.478. The molecular formula is C23H29ClN4O3S2. The Balaban J connectivity index is 1.50. The molecular weight excluding hydrogens is 480 g/mol. The summed E-state index contributed by atoms with van der Waals surface area (Å²) >= 11 is 7.85. The maximum absolute atomic E-state index is 13.5. The number of sulfone groups is 1. The Morgan fingerprint density at radius 3 is 2.55 bits per heavy atom. The van der Waals surface area contributed by atoms with Crippen LogP contribution in [0.15, 0.2) is 51.3 Å². The number of benzene rings is 1. The summed E-state index contributed by atoms with van der Waals surface area (Å²) in [5.74, 6) is -0.130. The first-order valence-electron chi connectivity index (χ1n) is 11.1. The molecule has 10 heteroatoms. The fourth-order valence-corrected chi connectivity index (χ4v) is 6.49. The van der Waals surface area contributed by atoms with E-state index in [0.717, 1.165) is 29.0 Å². The van der Waals surface area contributed by atoms with E-state index in [2.05, 4.69) is 9.80 Å². The molecule has 3 aliphatic rings. The first kappa shape index (κ1) is 24.2. The zero-order chi connectivity index (χ0) is 23.8. The van der Waals surface area contributed by atoms with E-state index < -0.39 is 9.84 Å². The van der Waals surface area contributed by atoms with E-state index in [1.54, 1.807) is 23.9 Å². The van der Waals surface area contributed by atoms with Gasteiger partial charge in [0.05, 0.1) is 21.8 Å². The first-order valence-corrected chi connectivity index (χ1v) is 14.3. The molecule has 1 fully saturated rings. The zero-order valence-electron chi connectivity index (χ0n) is 19.1. The van der Waals surface area contributed by atoms with Crippen molar-refractivity contribution in [3.63, 3.8) is 0 Å². The molecule has 1 aromatic rings. The number of carbonyl (C=O) groups excluding carboxylic acids is 1. The zero-order valence-corrected chi connectivity index (χ0v) is 21.5. The molecule has 1 amide bonds. The summed E-state index contributed by atoms with van der Waals surface area (Å²) in [5.41, 5.74) is 1.22. The van der Waals surface area contributed by atoms with E-state index in [0.29, 0.717) is 31.7 Å². The van der Waals surface area contributed by atoms with E-state index >= 15 is 0 Å². The lowest BCUT2D eigenvalue weighted by molar-refractivity contribution is 0.0694. The number of fused-ring (bicyclic) bond motifs is 1. The van der Waals surface area contributed by atoms with Crippen LogP contribution in [0.4, 0.5) is 5.69 Å². The summed E-state index contributed by atoms with van der Waals surface area (Å²) in [6, 6.07) is 4.98. The minimum atomic E-state index is -3.42. The Morgan fingerprint density at radius 1 is 1.21 bits per heavy atom. The highest BCUT2D eigenvalue weighted by Gasteiger charge is 2.34. The molecule has 0 radical (unpaired) electrons. The number of aliphatic imine (C=N–C) groups is 1. The van der Waals surface area contributed by atoms with E-state index in [9.17, 15) is 13.2 Å². The smallest absolute Gasteiger partial charge is 0.256 e. The third kappa shape index (κ3) is 5.10. The third-order valence-electron chi connectivity index (χ3n) is 6.18. The first-order chi connectivity index (χ1) is 15.7. The molecule has 33 heavy (non-hydrogen) atoms. The Morgan fingerprint density at radius 2 is 1.91 bits per heavy atom. The van der Waals surface area contributed by atoms with Crippen molar-refractivity contribution in [3.05, 3.63) is 47.0 Å². The van der Waals surface area contributed by atoms with Gasteiger partial charge < -0.3 is 14.7 Å². The summed E-state index contributed by atoms with van der Waals surface area (Å²) < 4.78 is 24.3. The number of nitrogens with zero attached hydrogens (tertiary/aromatic N) is 4. The van der Waals surface area contributed by atoms with Gasteiger partial charge in [-0.2, -0.15) is 0 Å². The second-order valence-electron chi connectivity index (χ2n) is 8.30. The average Bonchev–Trinajstić information content (AvgIpc) is 3.22. The Kier molecular flexibility index (Phi) is 7.12. The van der Waals surface area contributed by atoms with Gasteiger partial charge in [-0.3, -0.25) is 9.79 Å². The van der Waals surface area contributed by atoms with Crippen LogP contribution >= 0.6 is 23.4 Å². The second kappa shape index (κ2) is 9.72. The molecule has 0 saturated carbocycles. The summed E-state index contributed by atoms with van der Waals surface area (Å²) in [7, 11) is -3.42. The molecule has 0 N–H and O–H groups in total. The van der Waals surface area contributed by atoms with Gasteiger partial charge in [-0.15, -0.1) is 0 Å². The van der Waals surface area contributed by atoms with Gasteiger partial charge in [-0.1, -0.05) is 29.4 Å². The largest absolute Gasteiger partial charge is 0.371 e. The van der Waals surface area contributed by atoms with Crippen LogP contribution in [0.3, 0.4) is 0 Å². The summed E-state index contributed by atoms with van der Waals surface area (Å²) in [6.07, 6.45) is 7.14. The van der Waals surface area contributed by atoms with Gasteiger partial charge in [-0.25, -0.2) is 8.42 Å². The van der Waals surface area contributed by atoms with Crippen LogP contribution in [0.1, 0.15) is 24.2 Å². The predicted molar refractivity (Wildman–Crippen MR) is 136 cm³/mol. The molecule has 2 heterocycles. The number of allylic oxidation sites excluding steroid dienone is 2. The number of rotatable bonds is 5. The molecule has 1 aliphatic carbocycles. The van der Waals surface area contributed by atoms with Crippen molar-refractivity contribution in [1.29, 1.82) is 0 Å². The number of amides is 1. The lowest BCUT2D eigenvalue weighted by Crippen LogP contribution is -2.50. The fourth-order valence-electron chi connectivity index (χ4n) is 4.30. The molecule has 2 aliphatic heterocycles. The van der Waals surface area contributed by atoms with E-state index in [1.165, 1.54) is 12.3 Å². The minimum Gasteiger partial charge on any atom is -0.371 e. The van der Waals surface area contributed by atoms with Crippen molar-refractivity contribution < 1.29 is 13.2 Å². The number of hydrogen-bond donors (Lipinski definition) is 0. The lowest BCUT2D eigenvalue weighted by atomic mass is 10.1. The summed E-state index contributed by atoms with van der Waals surface area (Å²) in [5, 5.41) is 1.97.